The fourth-order valence-corrected chi connectivity index (χ4v) is 4.41. The number of nitrogens with one attached hydrogen (secondary N) is 1. The predicted molar refractivity (Wildman–Crippen MR) is 128 cm³/mol. The quantitative estimate of drug-likeness (QED) is 0.456. The molecule has 1 saturated heterocycles. The van der Waals surface area contributed by atoms with Crippen LogP contribution in [-0.2, 0) is 17.9 Å². The number of nitrogens with zero attached hydrogens (tertiary/aromatic N) is 3. The summed E-state index contributed by atoms with van der Waals surface area (Å²) in [6.45, 7) is 1.52. The maximum atomic E-state index is 13.1. The van der Waals surface area contributed by atoms with Crippen molar-refractivity contribution in [3.8, 4) is 11.3 Å². The van der Waals surface area contributed by atoms with E-state index in [1.54, 1.807) is 17.0 Å². The molecule has 0 radical (unpaired) electrons. The minimum Gasteiger partial charge on any atom is -0.459 e. The first-order chi connectivity index (χ1) is 16.7. The van der Waals surface area contributed by atoms with Gasteiger partial charge in [0.1, 0.15) is 6.04 Å². The van der Waals surface area contributed by atoms with Crippen molar-refractivity contribution in [1.82, 2.24) is 20.0 Å². The molecule has 0 saturated carbocycles. The van der Waals surface area contributed by atoms with Gasteiger partial charge in [-0.15, -0.1) is 0 Å². The Morgan fingerprint density at radius 1 is 1.00 bits per heavy atom. The lowest BCUT2D eigenvalue weighted by molar-refractivity contribution is -0.125. The standard InChI is InChI=1S/C27H26N4O3/c32-26(23-13-7-15-31(23)27(33)24-14-8-16-34-24)28-17-22-19-30(18-20-9-3-1-4-10-20)29-25(22)21-11-5-2-6-12-21/h1-6,8-12,14,16,19,23H,7,13,15,17-18H2,(H,28,32). The van der Waals surface area contributed by atoms with E-state index in [4.69, 9.17) is 9.52 Å². The molecule has 0 spiro atoms. The van der Waals surface area contributed by atoms with Gasteiger partial charge >= 0.3 is 0 Å². The molecule has 1 aliphatic rings. The molecule has 0 bridgehead atoms. The molecule has 1 unspecified atom stereocenters. The lowest BCUT2D eigenvalue weighted by atomic mass is 10.1. The van der Waals surface area contributed by atoms with Crippen LogP contribution in [0.4, 0.5) is 0 Å². The van der Waals surface area contributed by atoms with Gasteiger partial charge in [-0.2, -0.15) is 5.10 Å². The van der Waals surface area contributed by atoms with Crippen molar-refractivity contribution in [2.24, 2.45) is 0 Å². The Kier molecular flexibility index (Phi) is 6.25. The summed E-state index contributed by atoms with van der Waals surface area (Å²) in [6.07, 6.45) is 4.87. The topological polar surface area (TPSA) is 80.4 Å². The van der Waals surface area contributed by atoms with Gasteiger partial charge in [-0.05, 0) is 30.5 Å². The lowest BCUT2D eigenvalue weighted by Crippen LogP contribution is -2.45. The maximum Gasteiger partial charge on any atom is 0.290 e. The van der Waals surface area contributed by atoms with E-state index >= 15 is 0 Å². The first-order valence-corrected chi connectivity index (χ1v) is 11.5. The van der Waals surface area contributed by atoms with Crippen LogP contribution >= 0.6 is 0 Å². The zero-order valence-corrected chi connectivity index (χ0v) is 18.8. The average Bonchev–Trinajstić information content (AvgIpc) is 3.64. The largest absolute Gasteiger partial charge is 0.459 e. The Balaban J connectivity index is 1.33. The molecule has 7 nitrogen and oxygen atoms in total. The number of hydrogen-bond donors (Lipinski definition) is 1. The number of furan rings is 1. The number of benzene rings is 2. The van der Waals surface area contributed by atoms with E-state index in [1.165, 1.54) is 6.26 Å². The van der Waals surface area contributed by atoms with Crippen LogP contribution in [0.25, 0.3) is 11.3 Å². The highest BCUT2D eigenvalue weighted by atomic mass is 16.3. The van der Waals surface area contributed by atoms with Crippen molar-refractivity contribution in [3.05, 3.63) is 102 Å². The number of likely N-dealkylation sites (tertiary alicyclic amines) is 1. The van der Waals surface area contributed by atoms with Crippen molar-refractivity contribution >= 4 is 11.8 Å². The molecule has 5 rings (SSSR count). The Morgan fingerprint density at radius 3 is 2.50 bits per heavy atom. The summed E-state index contributed by atoms with van der Waals surface area (Å²) < 4.78 is 7.15. The van der Waals surface area contributed by atoms with Gasteiger partial charge in [0, 0.05) is 30.4 Å². The van der Waals surface area contributed by atoms with E-state index in [2.05, 4.69) is 17.4 Å². The van der Waals surface area contributed by atoms with Crippen LogP contribution in [0.2, 0.25) is 0 Å². The highest BCUT2D eigenvalue weighted by Gasteiger charge is 2.35. The molecule has 1 atom stereocenters. The molecule has 1 aliphatic heterocycles. The van der Waals surface area contributed by atoms with Gasteiger partial charge < -0.3 is 14.6 Å². The van der Waals surface area contributed by atoms with E-state index in [0.717, 1.165) is 28.8 Å². The van der Waals surface area contributed by atoms with E-state index in [-0.39, 0.29) is 17.6 Å². The van der Waals surface area contributed by atoms with E-state index in [9.17, 15) is 9.59 Å². The molecular formula is C27H26N4O3. The van der Waals surface area contributed by atoms with Gasteiger partial charge in [-0.1, -0.05) is 60.7 Å². The van der Waals surface area contributed by atoms with E-state index < -0.39 is 6.04 Å². The van der Waals surface area contributed by atoms with Crippen molar-refractivity contribution in [2.75, 3.05) is 6.54 Å². The Morgan fingerprint density at radius 2 is 1.76 bits per heavy atom. The summed E-state index contributed by atoms with van der Waals surface area (Å²) in [4.78, 5) is 27.4. The van der Waals surface area contributed by atoms with Gasteiger partial charge in [0.05, 0.1) is 18.5 Å². The van der Waals surface area contributed by atoms with Crippen LogP contribution in [0.5, 0.6) is 0 Å². The maximum absolute atomic E-state index is 13.1. The predicted octanol–water partition coefficient (Wildman–Crippen LogP) is 4.11. The second kappa shape index (κ2) is 9.79. The molecule has 2 aromatic carbocycles. The summed E-state index contributed by atoms with van der Waals surface area (Å²) in [5.74, 6) is -0.149. The summed E-state index contributed by atoms with van der Waals surface area (Å²) in [6, 6.07) is 22.9. The molecule has 1 fully saturated rings. The van der Waals surface area contributed by atoms with Crippen LogP contribution in [0.15, 0.2) is 89.7 Å². The van der Waals surface area contributed by atoms with Crippen molar-refractivity contribution in [2.45, 2.75) is 32.0 Å². The number of rotatable bonds is 7. The second-order valence-corrected chi connectivity index (χ2v) is 8.40. The van der Waals surface area contributed by atoms with Crippen LogP contribution in [0.1, 0.15) is 34.5 Å². The first-order valence-electron chi connectivity index (χ1n) is 11.5. The van der Waals surface area contributed by atoms with E-state index in [0.29, 0.717) is 26.1 Å². The van der Waals surface area contributed by atoms with Gasteiger partial charge in [-0.3, -0.25) is 14.3 Å². The van der Waals surface area contributed by atoms with Crippen molar-refractivity contribution in [3.63, 3.8) is 0 Å². The van der Waals surface area contributed by atoms with Gasteiger partial charge in [0.2, 0.25) is 5.91 Å². The van der Waals surface area contributed by atoms with Crippen LogP contribution in [-0.4, -0.2) is 39.1 Å². The molecule has 7 heteroatoms. The number of aromatic nitrogens is 2. The molecule has 3 heterocycles. The van der Waals surface area contributed by atoms with Gasteiger partial charge in [0.15, 0.2) is 5.76 Å². The first kappa shape index (κ1) is 21.7. The highest BCUT2D eigenvalue weighted by Crippen LogP contribution is 2.24. The Hall–Kier alpha value is -4.13. The summed E-state index contributed by atoms with van der Waals surface area (Å²) in [5, 5.41) is 7.86. The normalized spacial score (nSPS) is 15.4. The molecule has 172 valence electrons. The second-order valence-electron chi connectivity index (χ2n) is 8.40. The summed E-state index contributed by atoms with van der Waals surface area (Å²) >= 11 is 0. The molecule has 2 aromatic heterocycles. The number of carbonyl (C=O) groups is 2. The Labute approximate surface area is 198 Å². The fraction of sp³-hybridized carbons (Fsp3) is 0.222. The van der Waals surface area contributed by atoms with Gasteiger partial charge in [-0.25, -0.2) is 0 Å². The molecule has 1 N–H and O–H groups in total. The number of amides is 2. The van der Waals surface area contributed by atoms with Gasteiger partial charge in [0.25, 0.3) is 5.91 Å². The monoisotopic (exact) mass is 454 g/mol. The third kappa shape index (κ3) is 4.64. The molecule has 4 aromatic rings. The fourth-order valence-electron chi connectivity index (χ4n) is 4.41. The highest BCUT2D eigenvalue weighted by molar-refractivity contribution is 5.96. The molecule has 34 heavy (non-hydrogen) atoms. The van der Waals surface area contributed by atoms with Crippen molar-refractivity contribution in [1.29, 1.82) is 0 Å². The molecule has 0 aliphatic carbocycles. The number of carbonyl (C=O) groups excluding carboxylic acids is 2. The lowest BCUT2D eigenvalue weighted by Gasteiger charge is -2.23. The summed E-state index contributed by atoms with van der Waals surface area (Å²) in [7, 11) is 0. The van der Waals surface area contributed by atoms with Crippen molar-refractivity contribution < 1.29 is 14.0 Å². The summed E-state index contributed by atoms with van der Waals surface area (Å²) in [5.41, 5.74) is 3.91. The van der Waals surface area contributed by atoms with E-state index in [1.807, 2.05) is 59.4 Å². The Bertz CT molecular complexity index is 1250. The molecular weight excluding hydrogens is 428 g/mol. The third-order valence-corrected chi connectivity index (χ3v) is 6.07. The zero-order valence-electron chi connectivity index (χ0n) is 18.8. The SMILES string of the molecule is O=C(NCc1cn(Cc2ccccc2)nc1-c1ccccc1)C1CCCN1C(=O)c1ccco1. The molecule has 2 amide bonds. The van der Waals surface area contributed by atoms with Crippen LogP contribution in [0, 0.1) is 0 Å². The van der Waals surface area contributed by atoms with Crippen LogP contribution in [0.3, 0.4) is 0 Å². The van der Waals surface area contributed by atoms with Crippen LogP contribution < -0.4 is 5.32 Å². The zero-order chi connectivity index (χ0) is 23.3. The number of hydrogen-bond acceptors (Lipinski definition) is 4. The minimum atomic E-state index is -0.503. The minimum absolute atomic E-state index is 0.160. The smallest absolute Gasteiger partial charge is 0.290 e. The third-order valence-electron chi connectivity index (χ3n) is 6.07. The average molecular weight is 455 g/mol.